The van der Waals surface area contributed by atoms with Crippen LogP contribution in [0.4, 0.5) is 13.2 Å². The van der Waals surface area contributed by atoms with Crippen molar-refractivity contribution in [3.05, 3.63) is 53.3 Å². The third-order valence-electron chi connectivity index (χ3n) is 5.42. The van der Waals surface area contributed by atoms with Crippen LogP contribution in [-0.2, 0) is 23.9 Å². The van der Waals surface area contributed by atoms with Gasteiger partial charge in [-0.05, 0) is 44.2 Å². The van der Waals surface area contributed by atoms with E-state index in [0.29, 0.717) is 43.9 Å². The molecule has 0 bridgehead atoms. The quantitative estimate of drug-likeness (QED) is 0.751. The van der Waals surface area contributed by atoms with Crippen LogP contribution >= 0.6 is 0 Å². The summed E-state index contributed by atoms with van der Waals surface area (Å²) in [7, 11) is 1.83. The first-order chi connectivity index (χ1) is 14.7. The average molecular weight is 437 g/mol. The van der Waals surface area contributed by atoms with Crippen LogP contribution in [0.1, 0.15) is 28.5 Å². The van der Waals surface area contributed by atoms with Gasteiger partial charge in [-0.3, -0.25) is 19.2 Å². The zero-order valence-electron chi connectivity index (χ0n) is 17.5. The van der Waals surface area contributed by atoms with E-state index in [9.17, 15) is 22.8 Å². The second-order valence-corrected chi connectivity index (χ2v) is 7.54. The topological polar surface area (TPSA) is 70.5 Å². The highest BCUT2D eigenvalue weighted by atomic mass is 19.4. The monoisotopic (exact) mass is 437 g/mol. The van der Waals surface area contributed by atoms with Gasteiger partial charge < -0.3 is 10.2 Å². The van der Waals surface area contributed by atoms with Crippen molar-refractivity contribution in [2.45, 2.75) is 32.1 Å². The normalized spacial score (nSPS) is 17.6. The van der Waals surface area contributed by atoms with Crippen LogP contribution in [0.15, 0.2) is 36.5 Å². The van der Waals surface area contributed by atoms with Crippen LogP contribution in [0.5, 0.6) is 0 Å². The van der Waals surface area contributed by atoms with Gasteiger partial charge in [-0.15, -0.1) is 0 Å². The molecular weight excluding hydrogens is 411 g/mol. The smallest absolute Gasteiger partial charge is 0.354 e. The molecule has 10 heteroatoms. The molecule has 0 saturated carbocycles. The summed E-state index contributed by atoms with van der Waals surface area (Å²) in [5.41, 5.74) is 0.360. The molecule has 0 unspecified atom stereocenters. The number of carbonyl (C=O) groups excluding carboxylic acids is 2. The Kier molecular flexibility index (Phi) is 6.99. The number of hydrogen-bond acceptors (Lipinski definition) is 4. The van der Waals surface area contributed by atoms with E-state index in [4.69, 9.17) is 0 Å². The van der Waals surface area contributed by atoms with Gasteiger partial charge in [0.15, 0.2) is 0 Å². The van der Waals surface area contributed by atoms with E-state index in [1.807, 2.05) is 18.9 Å². The number of piperazine rings is 1. The number of carbonyl (C=O) groups is 2. The summed E-state index contributed by atoms with van der Waals surface area (Å²) in [5.74, 6) is -0.422. The van der Waals surface area contributed by atoms with E-state index in [1.165, 1.54) is 12.1 Å². The molecule has 1 saturated heterocycles. The Hall–Kier alpha value is -2.88. The van der Waals surface area contributed by atoms with E-state index in [0.717, 1.165) is 12.1 Å². The van der Waals surface area contributed by atoms with Crippen LogP contribution in [0.25, 0.3) is 0 Å². The lowest BCUT2D eigenvalue weighted by Gasteiger charge is -2.38. The maximum Gasteiger partial charge on any atom is 0.416 e. The minimum atomic E-state index is -4.36. The third kappa shape index (κ3) is 5.63. The second kappa shape index (κ2) is 9.51. The molecule has 3 rings (SSSR count). The zero-order chi connectivity index (χ0) is 22.6. The van der Waals surface area contributed by atoms with Crippen LogP contribution in [0, 0.1) is 0 Å². The number of alkyl halides is 3. The number of halogens is 3. The number of likely N-dealkylation sites (N-methyl/N-ethyl adjacent to an activating group) is 1. The van der Waals surface area contributed by atoms with Crippen LogP contribution in [-0.4, -0.2) is 70.7 Å². The number of benzene rings is 1. The molecule has 0 aliphatic carbocycles. The second-order valence-electron chi connectivity index (χ2n) is 7.54. The minimum absolute atomic E-state index is 0.206. The molecule has 168 valence electrons. The molecule has 1 N–H and O–H groups in total. The van der Waals surface area contributed by atoms with Crippen molar-refractivity contribution in [2.24, 2.45) is 0 Å². The van der Waals surface area contributed by atoms with Crippen molar-refractivity contribution < 1.29 is 22.8 Å². The van der Waals surface area contributed by atoms with E-state index >= 15 is 0 Å². The molecule has 2 aromatic rings. The molecule has 2 heterocycles. The summed E-state index contributed by atoms with van der Waals surface area (Å²) in [6, 6.07) is 6.07. The molecule has 31 heavy (non-hydrogen) atoms. The van der Waals surface area contributed by atoms with E-state index in [1.54, 1.807) is 21.8 Å². The third-order valence-corrected chi connectivity index (χ3v) is 5.42. The standard InChI is InChI=1S/C21H26F3N5O2/c1-3-29-11-9-17(26-29)20(31)28-13-12-27(2)18(14-28)19(30)25-10-8-15-4-6-16(7-5-15)21(22,23)24/h4-7,9,11,18H,3,8,10,12-14H2,1-2H3,(H,25,30)/t18-/m0/s1. The van der Waals surface area contributed by atoms with E-state index in [2.05, 4.69) is 10.4 Å². The Balaban J connectivity index is 1.53. The maximum absolute atomic E-state index is 12.7. The molecule has 0 radical (unpaired) electrons. The van der Waals surface area contributed by atoms with Gasteiger partial charge >= 0.3 is 6.18 Å². The molecular formula is C21H26F3N5O2. The Morgan fingerprint density at radius 2 is 1.87 bits per heavy atom. The number of aryl methyl sites for hydroxylation is 1. The Bertz CT molecular complexity index is 910. The molecule has 1 fully saturated rings. The van der Waals surface area contributed by atoms with Crippen molar-refractivity contribution >= 4 is 11.8 Å². The van der Waals surface area contributed by atoms with Gasteiger partial charge in [-0.1, -0.05) is 12.1 Å². The Morgan fingerprint density at radius 1 is 1.16 bits per heavy atom. The first-order valence-electron chi connectivity index (χ1n) is 10.2. The number of nitrogens with one attached hydrogen (secondary N) is 1. The van der Waals surface area contributed by atoms with Gasteiger partial charge in [-0.2, -0.15) is 18.3 Å². The molecule has 0 spiro atoms. The number of rotatable bonds is 6. The van der Waals surface area contributed by atoms with Crippen LogP contribution in [0.3, 0.4) is 0 Å². The molecule has 2 amide bonds. The van der Waals surface area contributed by atoms with Crippen molar-refractivity contribution in [2.75, 3.05) is 33.2 Å². The van der Waals surface area contributed by atoms with Crippen LogP contribution < -0.4 is 5.32 Å². The van der Waals surface area contributed by atoms with Gasteiger partial charge in [0.1, 0.15) is 11.7 Å². The summed E-state index contributed by atoms with van der Waals surface area (Å²) < 4.78 is 39.6. The highest BCUT2D eigenvalue weighted by Gasteiger charge is 2.33. The van der Waals surface area contributed by atoms with Crippen molar-refractivity contribution in [1.82, 2.24) is 24.9 Å². The summed E-state index contributed by atoms with van der Waals surface area (Å²) in [4.78, 5) is 28.9. The Labute approximate surface area is 178 Å². The number of nitrogens with zero attached hydrogens (tertiary/aromatic N) is 4. The molecule has 1 aromatic heterocycles. The molecule has 1 aliphatic heterocycles. The molecule has 7 nitrogen and oxygen atoms in total. The molecule has 1 aliphatic rings. The number of amides is 2. The fourth-order valence-electron chi connectivity index (χ4n) is 3.46. The van der Waals surface area contributed by atoms with Crippen molar-refractivity contribution in [1.29, 1.82) is 0 Å². The average Bonchev–Trinajstić information content (AvgIpc) is 3.22. The van der Waals surface area contributed by atoms with Crippen molar-refractivity contribution in [3.8, 4) is 0 Å². The largest absolute Gasteiger partial charge is 0.416 e. The predicted octanol–water partition coefficient (Wildman–Crippen LogP) is 2.04. The fourth-order valence-corrected chi connectivity index (χ4v) is 3.46. The number of hydrogen-bond donors (Lipinski definition) is 1. The van der Waals surface area contributed by atoms with Gasteiger partial charge in [0, 0.05) is 38.9 Å². The summed E-state index contributed by atoms with van der Waals surface area (Å²) >= 11 is 0. The van der Waals surface area contributed by atoms with Gasteiger partial charge in [0.25, 0.3) is 5.91 Å². The summed E-state index contributed by atoms with van der Waals surface area (Å²) in [6.45, 7) is 4.20. The molecule has 1 aromatic carbocycles. The SMILES string of the molecule is CCn1ccc(C(=O)N2CCN(C)[C@H](C(=O)NCCc3ccc(C(F)(F)F)cc3)C2)n1. The first-order valence-corrected chi connectivity index (χ1v) is 10.2. The van der Waals surface area contributed by atoms with Gasteiger partial charge in [0.05, 0.1) is 5.56 Å². The number of aromatic nitrogens is 2. The van der Waals surface area contributed by atoms with E-state index in [-0.39, 0.29) is 18.4 Å². The lowest BCUT2D eigenvalue weighted by atomic mass is 10.1. The summed E-state index contributed by atoms with van der Waals surface area (Å²) in [5, 5.41) is 7.07. The zero-order valence-corrected chi connectivity index (χ0v) is 17.5. The first kappa shape index (κ1) is 22.8. The predicted molar refractivity (Wildman–Crippen MR) is 108 cm³/mol. The van der Waals surface area contributed by atoms with Gasteiger partial charge in [-0.25, -0.2) is 0 Å². The highest BCUT2D eigenvalue weighted by Crippen LogP contribution is 2.29. The lowest BCUT2D eigenvalue weighted by Crippen LogP contribution is -2.58. The lowest BCUT2D eigenvalue weighted by molar-refractivity contribution is -0.137. The Morgan fingerprint density at radius 3 is 2.48 bits per heavy atom. The summed E-state index contributed by atoms with van der Waals surface area (Å²) in [6.07, 6.45) is -2.21. The van der Waals surface area contributed by atoms with Crippen LogP contribution in [0.2, 0.25) is 0 Å². The maximum atomic E-state index is 12.7. The fraction of sp³-hybridized carbons (Fsp3) is 0.476. The highest BCUT2D eigenvalue weighted by molar-refractivity contribution is 5.93. The van der Waals surface area contributed by atoms with Crippen molar-refractivity contribution in [3.63, 3.8) is 0 Å². The van der Waals surface area contributed by atoms with Gasteiger partial charge in [0.2, 0.25) is 5.91 Å². The minimum Gasteiger partial charge on any atom is -0.354 e. The van der Waals surface area contributed by atoms with E-state index < -0.39 is 17.8 Å². The molecule has 1 atom stereocenters.